The van der Waals surface area contributed by atoms with E-state index in [0.717, 1.165) is 0 Å². The zero-order valence-electron chi connectivity index (χ0n) is 14.6. The molecule has 0 amide bonds. The summed E-state index contributed by atoms with van der Waals surface area (Å²) in [5.41, 5.74) is 7.65. The summed E-state index contributed by atoms with van der Waals surface area (Å²) in [5, 5.41) is 38.0. The van der Waals surface area contributed by atoms with Gasteiger partial charge in [0.25, 0.3) is 0 Å². The first-order valence-electron chi connectivity index (χ1n) is 8.59. The number of carbonyl (C=O) groups is 2. The minimum absolute atomic E-state index is 0.0486. The number of aliphatic hydroxyl groups excluding tert-OH is 4. The molecule has 2 atom stereocenters. The van der Waals surface area contributed by atoms with Crippen LogP contribution in [0, 0.1) is 0 Å². The van der Waals surface area contributed by atoms with Crippen LogP contribution in [0.5, 0.6) is 0 Å². The van der Waals surface area contributed by atoms with E-state index in [-0.39, 0.29) is 46.6 Å². The quantitative estimate of drug-likeness (QED) is 0.379. The Labute approximate surface area is 155 Å². The van der Waals surface area contributed by atoms with Crippen LogP contribution in [0.2, 0.25) is 0 Å². The molecule has 0 saturated carbocycles. The maximum absolute atomic E-state index is 13.1. The number of hydrogen-bond donors (Lipinski definition) is 5. The van der Waals surface area contributed by atoms with Crippen LogP contribution in [0.15, 0.2) is 30.3 Å². The average Bonchev–Trinajstić information content (AvgIpc) is 2.67. The second kappa shape index (κ2) is 7.58. The second-order valence-electron chi connectivity index (χ2n) is 6.64. The number of nitrogen functional groups attached to an aromatic ring is 1. The van der Waals surface area contributed by atoms with Crippen molar-refractivity contribution in [3.63, 3.8) is 0 Å². The monoisotopic (exact) mass is 371 g/mol. The number of ketones is 2. The van der Waals surface area contributed by atoms with Crippen LogP contribution in [0.25, 0.3) is 0 Å². The first-order valence-corrected chi connectivity index (χ1v) is 8.59. The molecular weight excluding hydrogens is 350 g/mol. The van der Waals surface area contributed by atoms with E-state index in [0.29, 0.717) is 11.1 Å². The maximum atomic E-state index is 13.1. The molecule has 0 heterocycles. The number of anilines is 1. The number of rotatable bonds is 6. The zero-order valence-corrected chi connectivity index (χ0v) is 14.6. The summed E-state index contributed by atoms with van der Waals surface area (Å²) in [6.07, 6.45) is -2.38. The van der Waals surface area contributed by atoms with E-state index in [4.69, 9.17) is 15.9 Å². The summed E-state index contributed by atoms with van der Waals surface area (Å²) in [4.78, 5) is 26.3. The summed E-state index contributed by atoms with van der Waals surface area (Å²) in [6, 6.07) is 7.90. The van der Waals surface area contributed by atoms with Gasteiger partial charge >= 0.3 is 0 Å². The highest BCUT2D eigenvalue weighted by Gasteiger charge is 2.35. The van der Waals surface area contributed by atoms with Gasteiger partial charge in [0.2, 0.25) is 0 Å². The molecular formula is C20H21NO6. The van der Waals surface area contributed by atoms with E-state index in [1.54, 1.807) is 24.3 Å². The van der Waals surface area contributed by atoms with Crippen molar-refractivity contribution >= 4 is 17.3 Å². The van der Waals surface area contributed by atoms with E-state index in [9.17, 15) is 19.8 Å². The predicted octanol–water partition coefficient (Wildman–Crippen LogP) is -0.164. The maximum Gasteiger partial charge on any atom is 0.194 e. The lowest BCUT2D eigenvalue weighted by atomic mass is 9.77. The number of benzene rings is 2. The zero-order chi connectivity index (χ0) is 19.7. The summed E-state index contributed by atoms with van der Waals surface area (Å²) >= 11 is 0. The van der Waals surface area contributed by atoms with Crippen LogP contribution in [0.1, 0.15) is 43.0 Å². The van der Waals surface area contributed by atoms with Gasteiger partial charge in [0.15, 0.2) is 11.6 Å². The van der Waals surface area contributed by atoms with Gasteiger partial charge in [-0.1, -0.05) is 24.3 Å². The molecule has 2 aromatic carbocycles. The van der Waals surface area contributed by atoms with Gasteiger partial charge in [0.05, 0.1) is 25.4 Å². The molecule has 2 unspecified atom stereocenters. The number of aliphatic hydroxyl groups is 4. The summed E-state index contributed by atoms with van der Waals surface area (Å²) in [7, 11) is 0. The summed E-state index contributed by atoms with van der Waals surface area (Å²) in [5.74, 6) is -0.771. The molecule has 27 heavy (non-hydrogen) atoms. The van der Waals surface area contributed by atoms with Gasteiger partial charge in [-0.05, 0) is 17.2 Å². The molecule has 6 N–H and O–H groups in total. The van der Waals surface area contributed by atoms with Gasteiger partial charge in [-0.15, -0.1) is 0 Å². The molecule has 0 spiro atoms. The number of fused-ring (bicyclic) bond motifs is 2. The molecule has 0 bridgehead atoms. The number of nitrogens with two attached hydrogens (primary N) is 1. The second-order valence-corrected chi connectivity index (χ2v) is 6.64. The van der Waals surface area contributed by atoms with Crippen molar-refractivity contribution in [2.45, 2.75) is 25.0 Å². The first kappa shape index (κ1) is 19.2. The Hall–Kier alpha value is -2.58. The van der Waals surface area contributed by atoms with Crippen molar-refractivity contribution in [1.82, 2.24) is 0 Å². The smallest absolute Gasteiger partial charge is 0.194 e. The van der Waals surface area contributed by atoms with E-state index >= 15 is 0 Å². The third kappa shape index (κ3) is 3.38. The van der Waals surface area contributed by atoms with Gasteiger partial charge < -0.3 is 26.2 Å². The SMILES string of the molecule is Nc1cc(CC(O)CO)c2c(c1CC(O)CO)C(=O)c1ccccc1C2=O. The highest BCUT2D eigenvalue weighted by atomic mass is 16.3. The largest absolute Gasteiger partial charge is 0.398 e. The molecule has 0 radical (unpaired) electrons. The lowest BCUT2D eigenvalue weighted by Crippen LogP contribution is -2.28. The Balaban J connectivity index is 2.27. The van der Waals surface area contributed by atoms with E-state index in [2.05, 4.69) is 0 Å². The van der Waals surface area contributed by atoms with Gasteiger partial charge in [-0.25, -0.2) is 0 Å². The Morgan fingerprint density at radius 1 is 0.852 bits per heavy atom. The van der Waals surface area contributed by atoms with E-state index < -0.39 is 31.2 Å². The minimum Gasteiger partial charge on any atom is -0.398 e. The van der Waals surface area contributed by atoms with Gasteiger partial charge in [-0.2, -0.15) is 0 Å². The standard InChI is InChI=1S/C20H21NO6/c21-16-6-10(5-11(24)8-22)17-18(15(16)7-12(25)9-23)20(27)14-4-2-1-3-13(14)19(17)26/h1-4,6,11-12,22-25H,5,7-9,21H2. The van der Waals surface area contributed by atoms with Crippen LogP contribution in [-0.4, -0.2) is 57.4 Å². The molecule has 1 aliphatic rings. The molecule has 0 saturated heterocycles. The number of hydrogen-bond acceptors (Lipinski definition) is 7. The lowest BCUT2D eigenvalue weighted by Gasteiger charge is -2.25. The average molecular weight is 371 g/mol. The van der Waals surface area contributed by atoms with Gasteiger partial charge in [-0.3, -0.25) is 9.59 Å². The van der Waals surface area contributed by atoms with Crippen LogP contribution >= 0.6 is 0 Å². The molecule has 2 aromatic rings. The van der Waals surface area contributed by atoms with Crippen molar-refractivity contribution in [3.05, 3.63) is 63.7 Å². The summed E-state index contributed by atoms with van der Waals surface area (Å²) < 4.78 is 0. The molecule has 3 rings (SSSR count). The molecule has 0 aliphatic heterocycles. The molecule has 7 heteroatoms. The Morgan fingerprint density at radius 2 is 1.37 bits per heavy atom. The van der Waals surface area contributed by atoms with Crippen molar-refractivity contribution in [2.24, 2.45) is 0 Å². The summed E-state index contributed by atoms with van der Waals surface area (Å²) in [6.45, 7) is -1.02. The Morgan fingerprint density at radius 3 is 1.93 bits per heavy atom. The van der Waals surface area contributed by atoms with Crippen LogP contribution < -0.4 is 5.73 Å². The first-order chi connectivity index (χ1) is 12.9. The van der Waals surface area contributed by atoms with Crippen molar-refractivity contribution in [3.8, 4) is 0 Å². The highest BCUT2D eigenvalue weighted by molar-refractivity contribution is 6.29. The number of carbonyl (C=O) groups excluding carboxylic acids is 2. The third-order valence-electron chi connectivity index (χ3n) is 4.74. The Bertz CT molecular complexity index is 908. The molecule has 0 aromatic heterocycles. The van der Waals surface area contributed by atoms with E-state index in [1.807, 2.05) is 0 Å². The fourth-order valence-electron chi connectivity index (χ4n) is 3.46. The molecule has 7 nitrogen and oxygen atoms in total. The molecule has 1 aliphatic carbocycles. The molecule has 0 fully saturated rings. The van der Waals surface area contributed by atoms with Crippen LogP contribution in [0.3, 0.4) is 0 Å². The van der Waals surface area contributed by atoms with Crippen molar-refractivity contribution in [1.29, 1.82) is 0 Å². The van der Waals surface area contributed by atoms with Crippen molar-refractivity contribution < 1.29 is 30.0 Å². The fraction of sp³-hybridized carbons (Fsp3) is 0.300. The minimum atomic E-state index is -1.13. The van der Waals surface area contributed by atoms with E-state index in [1.165, 1.54) is 6.07 Å². The normalized spacial score (nSPS) is 15.3. The highest BCUT2D eigenvalue weighted by Crippen LogP contribution is 2.35. The van der Waals surface area contributed by atoms with Crippen LogP contribution in [-0.2, 0) is 12.8 Å². The fourth-order valence-corrected chi connectivity index (χ4v) is 3.46. The third-order valence-corrected chi connectivity index (χ3v) is 4.74. The topological polar surface area (TPSA) is 141 Å². The van der Waals surface area contributed by atoms with Gasteiger partial charge in [0, 0.05) is 40.8 Å². The van der Waals surface area contributed by atoms with Crippen LogP contribution in [0.4, 0.5) is 5.69 Å². The molecule has 142 valence electrons. The van der Waals surface area contributed by atoms with Crippen molar-refractivity contribution in [2.75, 3.05) is 18.9 Å². The Kier molecular flexibility index (Phi) is 5.38. The lowest BCUT2D eigenvalue weighted by molar-refractivity contribution is 0.0921. The van der Waals surface area contributed by atoms with Gasteiger partial charge in [0.1, 0.15) is 0 Å². The predicted molar refractivity (Wildman–Crippen MR) is 97.8 cm³/mol.